The van der Waals surface area contributed by atoms with E-state index in [1.807, 2.05) is 6.26 Å². The molecule has 2 rings (SSSR count). The molecule has 0 fully saturated rings. The summed E-state index contributed by atoms with van der Waals surface area (Å²) in [5.74, 6) is 0.893. The number of allylic oxidation sites excluding steroid dienone is 1. The van der Waals surface area contributed by atoms with E-state index in [0.29, 0.717) is 0 Å². The molecule has 0 bridgehead atoms. The van der Waals surface area contributed by atoms with Gasteiger partial charge >= 0.3 is 0 Å². The molecular formula is C6H7NOS. The standard InChI is InChI=1S/C6H7NOS/c1-2-8-3-6-5(1)7-4-9-6/h3H,1-2,4H2. The van der Waals surface area contributed by atoms with Gasteiger partial charge in [0.25, 0.3) is 0 Å². The van der Waals surface area contributed by atoms with Crippen molar-refractivity contribution in [2.75, 3.05) is 12.5 Å². The zero-order chi connectivity index (χ0) is 6.10. The average molecular weight is 141 g/mol. The highest BCUT2D eigenvalue weighted by molar-refractivity contribution is 8.04. The molecule has 0 saturated heterocycles. The molecule has 0 aromatic rings. The van der Waals surface area contributed by atoms with Gasteiger partial charge in [-0.05, 0) is 0 Å². The van der Waals surface area contributed by atoms with Gasteiger partial charge in [-0.3, -0.25) is 4.99 Å². The summed E-state index contributed by atoms with van der Waals surface area (Å²) in [6.45, 7) is 0.808. The number of fused-ring (bicyclic) bond motifs is 1. The summed E-state index contributed by atoms with van der Waals surface area (Å²) in [6, 6.07) is 0. The van der Waals surface area contributed by atoms with Gasteiger partial charge in [0.2, 0.25) is 0 Å². The van der Waals surface area contributed by atoms with Crippen LogP contribution in [-0.4, -0.2) is 18.2 Å². The lowest BCUT2D eigenvalue weighted by molar-refractivity contribution is 0.254. The molecule has 2 heterocycles. The van der Waals surface area contributed by atoms with Gasteiger partial charge in [-0.25, -0.2) is 0 Å². The highest BCUT2D eigenvalue weighted by atomic mass is 32.2. The van der Waals surface area contributed by atoms with Crippen molar-refractivity contribution in [3.63, 3.8) is 0 Å². The van der Waals surface area contributed by atoms with Gasteiger partial charge in [0.15, 0.2) is 0 Å². The maximum atomic E-state index is 5.12. The Hall–Kier alpha value is -0.440. The third-order valence-electron chi connectivity index (χ3n) is 1.41. The van der Waals surface area contributed by atoms with E-state index in [1.54, 1.807) is 11.8 Å². The summed E-state index contributed by atoms with van der Waals surface area (Å²) in [7, 11) is 0. The van der Waals surface area contributed by atoms with Crippen LogP contribution in [0, 0.1) is 0 Å². The molecule has 0 unspecified atom stereocenters. The monoisotopic (exact) mass is 141 g/mol. The van der Waals surface area contributed by atoms with Gasteiger partial charge in [-0.15, -0.1) is 0 Å². The Bertz CT molecular complexity index is 185. The van der Waals surface area contributed by atoms with E-state index in [1.165, 1.54) is 10.6 Å². The highest BCUT2D eigenvalue weighted by Gasteiger charge is 2.16. The second-order valence-electron chi connectivity index (χ2n) is 1.98. The lowest BCUT2D eigenvalue weighted by Gasteiger charge is -2.08. The van der Waals surface area contributed by atoms with E-state index in [4.69, 9.17) is 4.74 Å². The van der Waals surface area contributed by atoms with Crippen LogP contribution in [0.5, 0.6) is 0 Å². The lowest BCUT2D eigenvalue weighted by Crippen LogP contribution is -2.06. The molecule has 0 atom stereocenters. The van der Waals surface area contributed by atoms with Crippen molar-refractivity contribution in [2.24, 2.45) is 4.99 Å². The first-order valence-corrected chi connectivity index (χ1v) is 3.93. The Kier molecular flexibility index (Phi) is 1.23. The normalized spacial score (nSPS) is 24.0. The summed E-state index contributed by atoms with van der Waals surface area (Å²) in [5, 5.41) is 0. The fourth-order valence-corrected chi connectivity index (χ4v) is 1.76. The third-order valence-corrected chi connectivity index (χ3v) is 2.31. The molecule has 0 aliphatic carbocycles. The van der Waals surface area contributed by atoms with Crippen LogP contribution in [0.25, 0.3) is 0 Å². The molecule has 0 aromatic heterocycles. The molecule has 0 amide bonds. The van der Waals surface area contributed by atoms with E-state index in [0.717, 1.165) is 18.9 Å². The Morgan fingerprint density at radius 2 is 2.67 bits per heavy atom. The van der Waals surface area contributed by atoms with Gasteiger partial charge < -0.3 is 4.74 Å². The van der Waals surface area contributed by atoms with E-state index < -0.39 is 0 Å². The summed E-state index contributed by atoms with van der Waals surface area (Å²) in [4.78, 5) is 5.53. The predicted octanol–water partition coefficient (Wildman–Crippen LogP) is 1.39. The number of hydrogen-bond donors (Lipinski definition) is 0. The number of rotatable bonds is 0. The third kappa shape index (κ3) is 0.852. The SMILES string of the molecule is C1=C2SCN=C2CCO1. The zero-order valence-electron chi connectivity index (χ0n) is 4.96. The minimum atomic E-state index is 0.808. The Morgan fingerprint density at radius 1 is 1.67 bits per heavy atom. The van der Waals surface area contributed by atoms with Gasteiger partial charge in [0, 0.05) is 6.42 Å². The van der Waals surface area contributed by atoms with E-state index in [2.05, 4.69) is 4.99 Å². The van der Waals surface area contributed by atoms with Crippen LogP contribution in [0.3, 0.4) is 0 Å². The van der Waals surface area contributed by atoms with Gasteiger partial charge in [-0.1, -0.05) is 11.8 Å². The fourth-order valence-electron chi connectivity index (χ4n) is 0.935. The summed E-state index contributed by atoms with van der Waals surface area (Å²) in [6.07, 6.45) is 2.82. The molecule has 48 valence electrons. The Labute approximate surface area is 58.0 Å². The van der Waals surface area contributed by atoms with Crippen molar-refractivity contribution in [1.82, 2.24) is 0 Å². The quantitative estimate of drug-likeness (QED) is 0.508. The van der Waals surface area contributed by atoms with E-state index >= 15 is 0 Å². The second-order valence-corrected chi connectivity index (χ2v) is 2.97. The van der Waals surface area contributed by atoms with Crippen molar-refractivity contribution in [2.45, 2.75) is 6.42 Å². The smallest absolute Gasteiger partial charge is 0.0984 e. The van der Waals surface area contributed by atoms with Crippen LogP contribution >= 0.6 is 11.8 Å². The van der Waals surface area contributed by atoms with Crippen LogP contribution in [0.4, 0.5) is 0 Å². The largest absolute Gasteiger partial charge is 0.500 e. The van der Waals surface area contributed by atoms with E-state index in [-0.39, 0.29) is 0 Å². The van der Waals surface area contributed by atoms with Gasteiger partial charge in [0.05, 0.1) is 29.4 Å². The predicted molar refractivity (Wildman–Crippen MR) is 38.5 cm³/mol. The van der Waals surface area contributed by atoms with Crippen LogP contribution in [0.2, 0.25) is 0 Å². The van der Waals surface area contributed by atoms with Crippen LogP contribution < -0.4 is 0 Å². The number of ether oxygens (including phenoxy) is 1. The summed E-state index contributed by atoms with van der Waals surface area (Å²) in [5.41, 5.74) is 1.24. The lowest BCUT2D eigenvalue weighted by atomic mass is 10.2. The highest BCUT2D eigenvalue weighted by Crippen LogP contribution is 2.28. The van der Waals surface area contributed by atoms with Crippen LogP contribution in [0.1, 0.15) is 6.42 Å². The first-order chi connectivity index (χ1) is 4.47. The maximum Gasteiger partial charge on any atom is 0.0984 e. The van der Waals surface area contributed by atoms with Crippen molar-refractivity contribution >= 4 is 17.5 Å². The second kappa shape index (κ2) is 2.06. The van der Waals surface area contributed by atoms with Crippen molar-refractivity contribution < 1.29 is 4.74 Å². The number of aliphatic imine (C=N–C) groups is 1. The average Bonchev–Trinajstić information content (AvgIpc) is 2.33. The van der Waals surface area contributed by atoms with Crippen molar-refractivity contribution in [1.29, 1.82) is 0 Å². The molecule has 2 aliphatic heterocycles. The summed E-state index contributed by atoms with van der Waals surface area (Å²) < 4.78 is 5.12. The topological polar surface area (TPSA) is 21.6 Å². The fraction of sp³-hybridized carbons (Fsp3) is 0.500. The zero-order valence-corrected chi connectivity index (χ0v) is 5.78. The number of nitrogens with zero attached hydrogens (tertiary/aromatic N) is 1. The van der Waals surface area contributed by atoms with Crippen molar-refractivity contribution in [3.8, 4) is 0 Å². The molecule has 0 spiro atoms. The van der Waals surface area contributed by atoms with Gasteiger partial charge in [0.1, 0.15) is 0 Å². The molecule has 0 radical (unpaired) electrons. The van der Waals surface area contributed by atoms with Crippen molar-refractivity contribution in [3.05, 3.63) is 11.2 Å². The molecule has 2 aliphatic rings. The van der Waals surface area contributed by atoms with Crippen LogP contribution in [-0.2, 0) is 4.74 Å². The number of hydrogen-bond acceptors (Lipinski definition) is 3. The summed E-state index contributed by atoms with van der Waals surface area (Å²) >= 11 is 1.76. The minimum Gasteiger partial charge on any atom is -0.500 e. The van der Waals surface area contributed by atoms with E-state index in [9.17, 15) is 0 Å². The molecular weight excluding hydrogens is 134 g/mol. The maximum absolute atomic E-state index is 5.12. The molecule has 0 N–H and O–H groups in total. The number of thioether (sulfide) groups is 1. The van der Waals surface area contributed by atoms with Gasteiger partial charge in [-0.2, -0.15) is 0 Å². The molecule has 2 nitrogen and oxygen atoms in total. The van der Waals surface area contributed by atoms with Crippen LogP contribution in [0.15, 0.2) is 16.2 Å². The molecule has 9 heavy (non-hydrogen) atoms. The first kappa shape index (κ1) is 5.35. The molecule has 3 heteroatoms. The molecule has 0 aromatic carbocycles. The molecule has 0 saturated carbocycles. The Morgan fingerprint density at radius 3 is 3.56 bits per heavy atom. The minimum absolute atomic E-state index is 0.808. The first-order valence-electron chi connectivity index (χ1n) is 2.95. The Balaban J connectivity index is 2.30.